The Hall–Kier alpha value is -3.02. The predicted octanol–water partition coefficient (Wildman–Crippen LogP) is 2.17. The summed E-state index contributed by atoms with van der Waals surface area (Å²) in [5.41, 5.74) is 6.60. The number of benzene rings is 1. The number of hydrogen-bond acceptors (Lipinski definition) is 7. The SMILES string of the molecule is CCC(=O)N[C@H](C(=O)C[C@@H](CCCNC(N)=O)C(=O)Nc1ccc(COCON(C)C)cc1)C(C)C. The fourth-order valence-corrected chi connectivity index (χ4v) is 3.38. The third-order valence-electron chi connectivity index (χ3n) is 5.38. The number of nitrogens with one attached hydrogen (secondary N) is 3. The van der Waals surface area contributed by atoms with Gasteiger partial charge in [-0.1, -0.05) is 32.9 Å². The maximum absolute atomic E-state index is 13.1. The summed E-state index contributed by atoms with van der Waals surface area (Å²) < 4.78 is 5.42. The Morgan fingerprint density at radius 2 is 1.75 bits per heavy atom. The summed E-state index contributed by atoms with van der Waals surface area (Å²) in [5, 5.41) is 9.66. The Kier molecular flexibility index (Phi) is 14.3. The number of carbonyl (C=O) groups excluding carboxylic acids is 4. The van der Waals surface area contributed by atoms with Crippen LogP contribution in [0, 0.1) is 11.8 Å². The van der Waals surface area contributed by atoms with Crippen LogP contribution in [-0.4, -0.2) is 62.2 Å². The normalized spacial score (nSPS) is 12.8. The third kappa shape index (κ3) is 12.6. The molecule has 0 unspecified atom stereocenters. The van der Waals surface area contributed by atoms with Gasteiger partial charge >= 0.3 is 6.03 Å². The number of carbonyl (C=O) groups is 4. The summed E-state index contributed by atoms with van der Waals surface area (Å²) in [6, 6.07) is 5.86. The topological polar surface area (TPSA) is 152 Å². The molecule has 0 fully saturated rings. The molecule has 202 valence electrons. The first-order chi connectivity index (χ1) is 17.0. The summed E-state index contributed by atoms with van der Waals surface area (Å²) in [4.78, 5) is 54.2. The Bertz CT molecular complexity index is 844. The minimum absolute atomic E-state index is 0.0347. The number of hydrogen-bond donors (Lipinski definition) is 4. The molecule has 0 aliphatic heterocycles. The molecule has 1 aromatic carbocycles. The molecule has 1 aromatic rings. The molecule has 2 atom stereocenters. The number of amides is 4. The monoisotopic (exact) mass is 507 g/mol. The van der Waals surface area contributed by atoms with Crippen LogP contribution in [0.1, 0.15) is 52.0 Å². The fraction of sp³-hybridized carbons (Fsp3) is 0.600. The zero-order valence-corrected chi connectivity index (χ0v) is 22.0. The summed E-state index contributed by atoms with van der Waals surface area (Å²) in [6.45, 7) is 6.19. The van der Waals surface area contributed by atoms with E-state index in [4.69, 9.17) is 15.3 Å². The van der Waals surface area contributed by atoms with Crippen molar-refractivity contribution in [2.45, 2.75) is 59.1 Å². The average Bonchev–Trinajstić information content (AvgIpc) is 2.82. The zero-order valence-electron chi connectivity index (χ0n) is 22.0. The highest BCUT2D eigenvalue weighted by Crippen LogP contribution is 2.19. The summed E-state index contributed by atoms with van der Waals surface area (Å²) in [6.07, 6.45) is 1.06. The van der Waals surface area contributed by atoms with E-state index in [-0.39, 0.29) is 43.2 Å². The van der Waals surface area contributed by atoms with Crippen molar-refractivity contribution in [2.75, 3.05) is 32.7 Å². The van der Waals surface area contributed by atoms with Crippen molar-refractivity contribution in [2.24, 2.45) is 17.6 Å². The minimum Gasteiger partial charge on any atom is -0.352 e. The Balaban J connectivity index is 2.82. The van der Waals surface area contributed by atoms with E-state index in [0.29, 0.717) is 31.7 Å². The van der Waals surface area contributed by atoms with E-state index in [2.05, 4.69) is 16.0 Å². The number of ether oxygens (including phenoxy) is 1. The van der Waals surface area contributed by atoms with Gasteiger partial charge in [-0.05, 0) is 36.5 Å². The van der Waals surface area contributed by atoms with Gasteiger partial charge in [0.25, 0.3) is 0 Å². The van der Waals surface area contributed by atoms with Crippen molar-refractivity contribution < 1.29 is 28.8 Å². The average molecular weight is 508 g/mol. The molecule has 0 bridgehead atoms. The number of rotatable bonds is 17. The first-order valence-electron chi connectivity index (χ1n) is 12.2. The molecule has 4 amide bonds. The van der Waals surface area contributed by atoms with E-state index in [1.165, 1.54) is 0 Å². The summed E-state index contributed by atoms with van der Waals surface area (Å²) in [7, 11) is 3.53. The van der Waals surface area contributed by atoms with Crippen LogP contribution in [0.2, 0.25) is 0 Å². The van der Waals surface area contributed by atoms with E-state index >= 15 is 0 Å². The van der Waals surface area contributed by atoms with E-state index in [0.717, 1.165) is 5.56 Å². The van der Waals surface area contributed by atoms with Gasteiger partial charge in [0.15, 0.2) is 12.6 Å². The lowest BCUT2D eigenvalue weighted by atomic mass is 9.89. The molecule has 11 nitrogen and oxygen atoms in total. The van der Waals surface area contributed by atoms with Crippen LogP contribution in [0.5, 0.6) is 0 Å². The molecule has 0 aromatic heterocycles. The molecule has 0 spiro atoms. The molecule has 36 heavy (non-hydrogen) atoms. The lowest BCUT2D eigenvalue weighted by Gasteiger charge is -2.24. The third-order valence-corrected chi connectivity index (χ3v) is 5.38. The standard InChI is InChI=1S/C25H41N5O6/c1-6-22(32)29-23(17(2)3)21(31)14-19(8-7-13-27-25(26)34)24(33)28-20-11-9-18(10-12-20)15-35-16-36-30(4)5/h9-12,17,19,23H,6-8,13-16H2,1-5H3,(H,28,33)(H,29,32)(H3,26,27,34)/t19-,23+/m1/s1. The molecule has 0 heterocycles. The smallest absolute Gasteiger partial charge is 0.312 e. The molecule has 1 rings (SSSR count). The van der Waals surface area contributed by atoms with Gasteiger partial charge < -0.3 is 26.4 Å². The van der Waals surface area contributed by atoms with Crippen LogP contribution >= 0.6 is 0 Å². The second-order valence-corrected chi connectivity index (χ2v) is 9.04. The highest BCUT2D eigenvalue weighted by molar-refractivity contribution is 5.97. The van der Waals surface area contributed by atoms with Gasteiger partial charge in [-0.15, -0.1) is 0 Å². The van der Waals surface area contributed by atoms with Crippen LogP contribution in [0.15, 0.2) is 24.3 Å². The molecule has 11 heteroatoms. The maximum Gasteiger partial charge on any atom is 0.312 e. The van der Waals surface area contributed by atoms with Crippen molar-refractivity contribution in [3.63, 3.8) is 0 Å². The van der Waals surface area contributed by atoms with Crippen molar-refractivity contribution in [1.29, 1.82) is 0 Å². The largest absolute Gasteiger partial charge is 0.352 e. The number of Topliss-reactive ketones (excluding diaryl/α,β-unsaturated/α-hetero) is 1. The number of primary amides is 1. The summed E-state index contributed by atoms with van der Waals surface area (Å²) >= 11 is 0. The van der Waals surface area contributed by atoms with Gasteiger partial charge in [-0.2, -0.15) is 5.06 Å². The van der Waals surface area contributed by atoms with Crippen LogP contribution in [0.4, 0.5) is 10.5 Å². The van der Waals surface area contributed by atoms with E-state index in [9.17, 15) is 19.2 Å². The second kappa shape index (κ2) is 16.6. The van der Waals surface area contributed by atoms with E-state index < -0.39 is 18.0 Å². The highest BCUT2D eigenvalue weighted by Gasteiger charge is 2.29. The van der Waals surface area contributed by atoms with Crippen molar-refractivity contribution >= 4 is 29.3 Å². The second-order valence-electron chi connectivity index (χ2n) is 9.04. The van der Waals surface area contributed by atoms with Crippen LogP contribution in [0.25, 0.3) is 0 Å². The quantitative estimate of drug-likeness (QED) is 0.143. The van der Waals surface area contributed by atoms with Gasteiger partial charge in [0.05, 0.1) is 12.6 Å². The Labute approximate surface area is 213 Å². The highest BCUT2D eigenvalue weighted by atomic mass is 16.8. The number of anilines is 1. The fourth-order valence-electron chi connectivity index (χ4n) is 3.38. The van der Waals surface area contributed by atoms with Gasteiger partial charge in [0, 0.05) is 45.1 Å². The molecule has 0 radical (unpaired) electrons. The van der Waals surface area contributed by atoms with Gasteiger partial charge in [-0.3, -0.25) is 19.2 Å². The lowest BCUT2D eigenvalue weighted by Crippen LogP contribution is -2.45. The summed E-state index contributed by atoms with van der Waals surface area (Å²) in [5.74, 6) is -1.49. The van der Waals surface area contributed by atoms with Crippen molar-refractivity contribution in [3.05, 3.63) is 29.8 Å². The Morgan fingerprint density at radius 1 is 1.08 bits per heavy atom. The molecule has 0 saturated carbocycles. The van der Waals surface area contributed by atoms with Gasteiger partial charge in [0.2, 0.25) is 11.8 Å². The lowest BCUT2D eigenvalue weighted by molar-refractivity contribution is -0.201. The molecule has 0 aliphatic carbocycles. The van der Waals surface area contributed by atoms with E-state index in [1.807, 2.05) is 26.0 Å². The molecule has 5 N–H and O–H groups in total. The number of nitrogens with two attached hydrogens (primary N) is 1. The first-order valence-corrected chi connectivity index (χ1v) is 12.2. The first kappa shape index (κ1) is 31.0. The maximum atomic E-state index is 13.1. The number of urea groups is 1. The zero-order chi connectivity index (χ0) is 27.1. The molecular formula is C25H41N5O6. The van der Waals surface area contributed by atoms with E-state index in [1.54, 1.807) is 38.2 Å². The minimum atomic E-state index is -0.674. The van der Waals surface area contributed by atoms with Crippen molar-refractivity contribution in [1.82, 2.24) is 15.7 Å². The molecular weight excluding hydrogens is 466 g/mol. The predicted molar refractivity (Wildman–Crippen MR) is 136 cm³/mol. The van der Waals surface area contributed by atoms with Crippen LogP contribution in [-0.2, 0) is 30.6 Å². The van der Waals surface area contributed by atoms with Crippen LogP contribution in [0.3, 0.4) is 0 Å². The Morgan fingerprint density at radius 3 is 2.31 bits per heavy atom. The van der Waals surface area contributed by atoms with Gasteiger partial charge in [0.1, 0.15) is 0 Å². The molecule has 0 aliphatic rings. The number of hydroxylamine groups is 2. The number of nitrogens with zero attached hydrogens (tertiary/aromatic N) is 1. The molecule has 0 saturated heterocycles. The van der Waals surface area contributed by atoms with Crippen LogP contribution < -0.4 is 21.7 Å². The van der Waals surface area contributed by atoms with Crippen molar-refractivity contribution in [3.8, 4) is 0 Å². The van der Waals surface area contributed by atoms with Gasteiger partial charge in [-0.25, -0.2) is 4.79 Å². The number of ketones is 1.